The van der Waals surface area contributed by atoms with E-state index < -0.39 is 11.6 Å². The SMILES string of the molecule is CCCCCc1ccc(C(=O)N2CCC[C@@H]2c2nc3cc(-c4ccc(F)cc4F)ccc3o2)cc1. The molecule has 0 spiro atoms. The predicted molar refractivity (Wildman–Crippen MR) is 132 cm³/mol. The van der Waals surface area contributed by atoms with Crippen molar-refractivity contribution in [1.82, 2.24) is 9.88 Å². The molecule has 1 aliphatic heterocycles. The molecule has 0 N–H and O–H groups in total. The topological polar surface area (TPSA) is 46.3 Å². The first-order valence-electron chi connectivity index (χ1n) is 12.3. The summed E-state index contributed by atoms with van der Waals surface area (Å²) in [5.74, 6) is -0.784. The number of likely N-dealkylation sites (tertiary alicyclic amines) is 1. The third kappa shape index (κ3) is 4.83. The van der Waals surface area contributed by atoms with Gasteiger partial charge in [-0.1, -0.05) is 38.0 Å². The lowest BCUT2D eigenvalue weighted by Crippen LogP contribution is -2.30. The van der Waals surface area contributed by atoms with E-state index in [1.807, 2.05) is 29.2 Å². The smallest absolute Gasteiger partial charge is 0.254 e. The van der Waals surface area contributed by atoms with E-state index in [1.54, 1.807) is 18.2 Å². The number of halogens is 2. The normalized spacial score (nSPS) is 15.7. The highest BCUT2D eigenvalue weighted by Crippen LogP contribution is 2.35. The van der Waals surface area contributed by atoms with Gasteiger partial charge in [-0.2, -0.15) is 0 Å². The molecule has 1 amide bonds. The van der Waals surface area contributed by atoms with E-state index in [0.717, 1.165) is 31.7 Å². The summed E-state index contributed by atoms with van der Waals surface area (Å²) in [7, 11) is 0. The predicted octanol–water partition coefficient (Wildman–Crippen LogP) is 7.48. The molecule has 0 saturated carbocycles. The zero-order valence-corrected chi connectivity index (χ0v) is 19.8. The van der Waals surface area contributed by atoms with Gasteiger partial charge in [-0.3, -0.25) is 4.79 Å². The third-order valence-electron chi connectivity index (χ3n) is 6.71. The Labute approximate surface area is 203 Å². The second-order valence-electron chi connectivity index (χ2n) is 9.17. The summed E-state index contributed by atoms with van der Waals surface area (Å²) in [6.45, 7) is 2.84. The standard InChI is InChI=1S/C29H28F2N2O2/c1-2-3-4-6-19-8-10-20(11-9-19)29(34)33-16-5-7-26(33)28-32-25-17-21(12-15-27(25)35-28)23-14-13-22(30)18-24(23)31/h8-15,17-18,26H,2-7,16H2,1H3/t26-/m1/s1. The van der Waals surface area contributed by atoms with Crippen LogP contribution < -0.4 is 0 Å². The van der Waals surface area contributed by atoms with Gasteiger partial charge in [0.25, 0.3) is 5.91 Å². The maximum atomic E-state index is 14.3. The molecule has 4 aromatic rings. The molecule has 0 radical (unpaired) electrons. The average Bonchev–Trinajstić information content (AvgIpc) is 3.51. The molecule has 1 saturated heterocycles. The van der Waals surface area contributed by atoms with E-state index in [1.165, 1.54) is 30.5 Å². The van der Waals surface area contributed by atoms with Gasteiger partial charge in [-0.25, -0.2) is 13.8 Å². The Balaban J connectivity index is 1.36. The van der Waals surface area contributed by atoms with Crippen LogP contribution in [0.4, 0.5) is 8.78 Å². The van der Waals surface area contributed by atoms with Gasteiger partial charge >= 0.3 is 0 Å². The molecule has 1 fully saturated rings. The summed E-state index contributed by atoms with van der Waals surface area (Å²) >= 11 is 0. The minimum atomic E-state index is -0.628. The number of benzene rings is 3. The summed E-state index contributed by atoms with van der Waals surface area (Å²) in [6.07, 6.45) is 6.23. The molecular formula is C29H28F2N2O2. The van der Waals surface area contributed by atoms with E-state index in [4.69, 9.17) is 4.42 Å². The molecule has 2 heterocycles. The monoisotopic (exact) mass is 474 g/mol. The number of aromatic nitrogens is 1. The van der Waals surface area contributed by atoms with E-state index in [0.29, 0.717) is 40.2 Å². The lowest BCUT2D eigenvalue weighted by molar-refractivity contribution is 0.0717. The Morgan fingerprint density at radius 1 is 1.06 bits per heavy atom. The van der Waals surface area contributed by atoms with Crippen LogP contribution in [-0.4, -0.2) is 22.3 Å². The zero-order valence-electron chi connectivity index (χ0n) is 19.8. The highest BCUT2D eigenvalue weighted by Gasteiger charge is 2.34. The molecule has 35 heavy (non-hydrogen) atoms. The first kappa shape index (κ1) is 23.2. The molecule has 1 atom stereocenters. The van der Waals surface area contributed by atoms with Gasteiger partial charge < -0.3 is 9.32 Å². The first-order chi connectivity index (χ1) is 17.0. The summed E-state index contributed by atoms with van der Waals surface area (Å²) in [5, 5.41) is 0. The molecule has 6 heteroatoms. The van der Waals surface area contributed by atoms with Crippen LogP contribution in [0.15, 0.2) is 65.1 Å². The molecule has 3 aromatic carbocycles. The van der Waals surface area contributed by atoms with Crippen molar-refractivity contribution in [1.29, 1.82) is 0 Å². The van der Waals surface area contributed by atoms with Crippen molar-refractivity contribution in [3.05, 3.63) is 89.3 Å². The van der Waals surface area contributed by atoms with Crippen LogP contribution >= 0.6 is 0 Å². The van der Waals surface area contributed by atoms with Crippen LogP contribution in [0.3, 0.4) is 0 Å². The highest BCUT2D eigenvalue weighted by molar-refractivity contribution is 5.94. The van der Waals surface area contributed by atoms with E-state index in [-0.39, 0.29) is 11.9 Å². The fraction of sp³-hybridized carbons (Fsp3) is 0.310. The van der Waals surface area contributed by atoms with Crippen LogP contribution in [0.5, 0.6) is 0 Å². The minimum absolute atomic E-state index is 0.0241. The number of nitrogens with zero attached hydrogens (tertiary/aromatic N) is 2. The van der Waals surface area contributed by atoms with Crippen LogP contribution in [0.1, 0.15) is 66.9 Å². The molecule has 0 aliphatic carbocycles. The molecule has 180 valence electrons. The van der Waals surface area contributed by atoms with Gasteiger partial charge in [-0.05, 0) is 73.2 Å². The van der Waals surface area contributed by atoms with Gasteiger partial charge in [0.2, 0.25) is 5.89 Å². The number of carbonyl (C=O) groups excluding carboxylic acids is 1. The Hall–Kier alpha value is -3.54. The van der Waals surface area contributed by atoms with Crippen molar-refractivity contribution in [2.45, 2.75) is 51.5 Å². The summed E-state index contributed by atoms with van der Waals surface area (Å²) < 4.78 is 33.6. The largest absolute Gasteiger partial charge is 0.438 e. The Morgan fingerprint density at radius 3 is 2.66 bits per heavy atom. The fourth-order valence-electron chi connectivity index (χ4n) is 4.80. The lowest BCUT2D eigenvalue weighted by atomic mass is 10.0. The van der Waals surface area contributed by atoms with Crippen LogP contribution in [0, 0.1) is 11.6 Å². The Morgan fingerprint density at radius 2 is 1.89 bits per heavy atom. The first-order valence-corrected chi connectivity index (χ1v) is 12.3. The second-order valence-corrected chi connectivity index (χ2v) is 9.17. The van der Waals surface area contributed by atoms with E-state index >= 15 is 0 Å². The van der Waals surface area contributed by atoms with Crippen LogP contribution in [-0.2, 0) is 6.42 Å². The maximum absolute atomic E-state index is 14.3. The minimum Gasteiger partial charge on any atom is -0.438 e. The highest BCUT2D eigenvalue weighted by atomic mass is 19.1. The number of hydrogen-bond acceptors (Lipinski definition) is 3. The number of aryl methyl sites for hydroxylation is 1. The van der Waals surface area contributed by atoms with E-state index in [9.17, 15) is 13.6 Å². The summed E-state index contributed by atoms with van der Waals surface area (Å²) in [5.41, 5.74) is 3.96. The van der Waals surface area contributed by atoms with E-state index in [2.05, 4.69) is 11.9 Å². The maximum Gasteiger partial charge on any atom is 0.254 e. The molecular weight excluding hydrogens is 446 g/mol. The zero-order chi connectivity index (χ0) is 24.4. The van der Waals surface area contributed by atoms with Crippen molar-refractivity contribution in [3.8, 4) is 11.1 Å². The number of carbonyl (C=O) groups is 1. The Bertz CT molecular complexity index is 1350. The van der Waals surface area contributed by atoms with Gasteiger partial charge in [0, 0.05) is 23.7 Å². The molecule has 1 aliphatic rings. The van der Waals surface area contributed by atoms with Crippen molar-refractivity contribution in [2.75, 3.05) is 6.54 Å². The van der Waals surface area contributed by atoms with Gasteiger partial charge in [0.15, 0.2) is 5.58 Å². The summed E-state index contributed by atoms with van der Waals surface area (Å²) in [4.78, 5) is 19.8. The van der Waals surface area contributed by atoms with Crippen LogP contribution in [0.2, 0.25) is 0 Å². The quantitative estimate of drug-likeness (QED) is 0.261. The number of fused-ring (bicyclic) bond motifs is 1. The second kappa shape index (κ2) is 9.98. The number of amides is 1. The van der Waals surface area contributed by atoms with Gasteiger partial charge in [0.1, 0.15) is 23.2 Å². The van der Waals surface area contributed by atoms with Gasteiger partial charge in [0.05, 0.1) is 0 Å². The van der Waals surface area contributed by atoms with Gasteiger partial charge in [-0.15, -0.1) is 0 Å². The molecule has 1 aromatic heterocycles. The molecule has 0 unspecified atom stereocenters. The Kier molecular flexibility index (Phi) is 6.62. The molecule has 4 nitrogen and oxygen atoms in total. The van der Waals surface area contributed by atoms with Crippen molar-refractivity contribution < 1.29 is 18.0 Å². The van der Waals surface area contributed by atoms with Crippen molar-refractivity contribution in [3.63, 3.8) is 0 Å². The fourth-order valence-corrected chi connectivity index (χ4v) is 4.80. The number of unbranched alkanes of at least 4 members (excludes halogenated alkanes) is 2. The summed E-state index contributed by atoms with van der Waals surface area (Å²) in [6, 6.07) is 16.4. The lowest BCUT2D eigenvalue weighted by Gasteiger charge is -2.22. The number of oxazole rings is 1. The van der Waals surface area contributed by atoms with Crippen molar-refractivity contribution in [2.24, 2.45) is 0 Å². The molecule has 5 rings (SSSR count). The molecule has 0 bridgehead atoms. The van der Waals surface area contributed by atoms with Crippen molar-refractivity contribution >= 4 is 17.0 Å². The number of rotatable bonds is 7. The third-order valence-corrected chi connectivity index (χ3v) is 6.71. The average molecular weight is 475 g/mol. The number of hydrogen-bond donors (Lipinski definition) is 0. The van der Waals surface area contributed by atoms with Crippen LogP contribution in [0.25, 0.3) is 22.2 Å².